The first-order valence-electron chi connectivity index (χ1n) is 8.41. The molecule has 2 N–H and O–H groups in total. The summed E-state index contributed by atoms with van der Waals surface area (Å²) in [6.45, 7) is 0.612. The molecule has 0 radical (unpaired) electrons. The molecular weight excluding hydrogens is 347 g/mol. The molecule has 0 bridgehead atoms. The number of rotatable bonds is 7. The van der Waals surface area contributed by atoms with Crippen LogP contribution >= 0.6 is 0 Å². The maximum atomic E-state index is 13.6. The third-order valence-electron chi connectivity index (χ3n) is 3.91. The molecule has 1 aromatic heterocycles. The summed E-state index contributed by atoms with van der Waals surface area (Å²) in [5.74, 6) is 0.273. The van der Waals surface area contributed by atoms with Crippen molar-refractivity contribution in [3.05, 3.63) is 77.9 Å². The van der Waals surface area contributed by atoms with Crippen molar-refractivity contribution >= 4 is 17.5 Å². The second-order valence-corrected chi connectivity index (χ2v) is 5.72. The molecule has 0 aliphatic rings. The topological polar surface area (TPSA) is 76.1 Å². The van der Waals surface area contributed by atoms with E-state index in [1.807, 2.05) is 24.3 Å². The predicted molar refractivity (Wildman–Crippen MR) is 102 cm³/mol. The Morgan fingerprint density at radius 1 is 1.07 bits per heavy atom. The summed E-state index contributed by atoms with van der Waals surface area (Å²) in [4.78, 5) is 20.4. The normalized spacial score (nSPS) is 10.3. The van der Waals surface area contributed by atoms with Crippen LogP contribution in [0.1, 0.15) is 15.9 Å². The van der Waals surface area contributed by atoms with Gasteiger partial charge in [-0.25, -0.2) is 14.4 Å². The number of methoxy groups -OCH3 is 1. The van der Waals surface area contributed by atoms with Crippen molar-refractivity contribution in [3.8, 4) is 5.75 Å². The first-order chi connectivity index (χ1) is 13.2. The fourth-order valence-electron chi connectivity index (χ4n) is 2.51. The fourth-order valence-corrected chi connectivity index (χ4v) is 2.51. The zero-order valence-corrected chi connectivity index (χ0v) is 14.8. The van der Waals surface area contributed by atoms with Crippen LogP contribution in [0.15, 0.2) is 60.9 Å². The number of halogens is 1. The molecule has 6 nitrogen and oxygen atoms in total. The highest BCUT2D eigenvalue weighted by molar-refractivity contribution is 6.03. The van der Waals surface area contributed by atoms with Gasteiger partial charge in [-0.05, 0) is 30.2 Å². The second-order valence-electron chi connectivity index (χ2n) is 5.72. The first-order valence-corrected chi connectivity index (χ1v) is 8.41. The van der Waals surface area contributed by atoms with Crippen LogP contribution in [0.5, 0.6) is 5.75 Å². The van der Waals surface area contributed by atoms with Gasteiger partial charge in [0, 0.05) is 18.9 Å². The van der Waals surface area contributed by atoms with Crippen LogP contribution in [-0.2, 0) is 6.42 Å². The largest absolute Gasteiger partial charge is 0.496 e. The van der Waals surface area contributed by atoms with Gasteiger partial charge >= 0.3 is 0 Å². The molecule has 0 fully saturated rings. The smallest absolute Gasteiger partial charge is 0.258 e. The average molecular weight is 366 g/mol. The molecule has 138 valence electrons. The third-order valence-corrected chi connectivity index (χ3v) is 3.91. The minimum Gasteiger partial charge on any atom is -0.496 e. The summed E-state index contributed by atoms with van der Waals surface area (Å²) in [6.07, 6.45) is 3.53. The zero-order valence-electron chi connectivity index (χ0n) is 14.8. The van der Waals surface area contributed by atoms with E-state index < -0.39 is 11.7 Å². The van der Waals surface area contributed by atoms with Gasteiger partial charge in [0.15, 0.2) is 0 Å². The lowest BCUT2D eigenvalue weighted by atomic mass is 10.1. The van der Waals surface area contributed by atoms with Crippen molar-refractivity contribution in [2.24, 2.45) is 0 Å². The molecule has 0 unspecified atom stereocenters. The Morgan fingerprint density at radius 3 is 2.52 bits per heavy atom. The molecule has 0 spiro atoms. The van der Waals surface area contributed by atoms with Gasteiger partial charge in [0.25, 0.3) is 5.91 Å². The lowest BCUT2D eigenvalue weighted by Gasteiger charge is -2.09. The van der Waals surface area contributed by atoms with E-state index in [1.165, 1.54) is 24.5 Å². The third kappa shape index (κ3) is 4.78. The Kier molecular flexibility index (Phi) is 5.94. The van der Waals surface area contributed by atoms with Crippen LogP contribution in [0.2, 0.25) is 0 Å². The number of carbonyl (C=O) groups excluding carboxylic acids is 1. The number of hydrogen-bond donors (Lipinski definition) is 2. The number of anilines is 2. The standard InChI is InChI=1S/C20H19FN4O2/c1-27-18-9-5-2-6-14(18)10-11-22-20-23-12-15(13-24-20)19(26)25-17-8-4-3-7-16(17)21/h2-9,12-13H,10-11H2,1H3,(H,25,26)(H,22,23,24). The molecular formula is C20H19FN4O2. The number of nitrogens with zero attached hydrogens (tertiary/aromatic N) is 2. The van der Waals surface area contributed by atoms with E-state index in [0.717, 1.165) is 17.7 Å². The summed E-state index contributed by atoms with van der Waals surface area (Å²) < 4.78 is 18.9. The number of benzene rings is 2. The zero-order chi connectivity index (χ0) is 19.1. The van der Waals surface area contributed by atoms with Crippen LogP contribution in [0.25, 0.3) is 0 Å². The number of carbonyl (C=O) groups is 1. The molecule has 7 heteroatoms. The van der Waals surface area contributed by atoms with Crippen molar-refractivity contribution in [3.63, 3.8) is 0 Å². The van der Waals surface area contributed by atoms with E-state index >= 15 is 0 Å². The highest BCUT2D eigenvalue weighted by Crippen LogP contribution is 2.18. The van der Waals surface area contributed by atoms with Crippen molar-refractivity contribution < 1.29 is 13.9 Å². The van der Waals surface area contributed by atoms with Crippen molar-refractivity contribution in [1.29, 1.82) is 0 Å². The van der Waals surface area contributed by atoms with E-state index in [2.05, 4.69) is 20.6 Å². The van der Waals surface area contributed by atoms with E-state index in [4.69, 9.17) is 4.74 Å². The molecule has 0 saturated carbocycles. The van der Waals surface area contributed by atoms with E-state index in [9.17, 15) is 9.18 Å². The lowest BCUT2D eigenvalue weighted by molar-refractivity contribution is 0.102. The number of nitrogens with one attached hydrogen (secondary N) is 2. The highest BCUT2D eigenvalue weighted by atomic mass is 19.1. The van der Waals surface area contributed by atoms with Gasteiger partial charge in [-0.2, -0.15) is 0 Å². The number of hydrogen-bond acceptors (Lipinski definition) is 5. The molecule has 0 aliphatic heterocycles. The van der Waals surface area contributed by atoms with Gasteiger partial charge in [0.2, 0.25) is 5.95 Å². The minimum atomic E-state index is -0.499. The summed E-state index contributed by atoms with van der Waals surface area (Å²) >= 11 is 0. The van der Waals surface area contributed by atoms with Crippen LogP contribution in [0, 0.1) is 5.82 Å². The fraction of sp³-hybridized carbons (Fsp3) is 0.150. The van der Waals surface area contributed by atoms with Crippen molar-refractivity contribution in [1.82, 2.24) is 9.97 Å². The Hall–Kier alpha value is -3.48. The van der Waals surface area contributed by atoms with Crippen LogP contribution in [0.3, 0.4) is 0 Å². The summed E-state index contributed by atoms with van der Waals surface area (Å²) in [6, 6.07) is 13.7. The molecule has 27 heavy (non-hydrogen) atoms. The van der Waals surface area contributed by atoms with Crippen molar-refractivity contribution in [2.75, 3.05) is 24.3 Å². The van der Waals surface area contributed by atoms with Gasteiger partial charge in [0.1, 0.15) is 11.6 Å². The van der Waals surface area contributed by atoms with Gasteiger partial charge in [-0.3, -0.25) is 4.79 Å². The maximum absolute atomic E-state index is 13.6. The van der Waals surface area contributed by atoms with Gasteiger partial charge in [-0.15, -0.1) is 0 Å². The Balaban J connectivity index is 1.55. The van der Waals surface area contributed by atoms with Crippen LogP contribution in [0.4, 0.5) is 16.0 Å². The Morgan fingerprint density at radius 2 is 1.78 bits per heavy atom. The molecule has 0 saturated heterocycles. The van der Waals surface area contributed by atoms with Crippen LogP contribution < -0.4 is 15.4 Å². The molecule has 3 aromatic rings. The lowest BCUT2D eigenvalue weighted by Crippen LogP contribution is -2.15. The summed E-state index contributed by atoms with van der Waals surface area (Å²) in [7, 11) is 1.64. The molecule has 2 aromatic carbocycles. The first kappa shape index (κ1) is 18.3. The number of amides is 1. The van der Waals surface area contributed by atoms with Gasteiger partial charge < -0.3 is 15.4 Å². The second kappa shape index (κ2) is 8.75. The SMILES string of the molecule is COc1ccccc1CCNc1ncc(C(=O)Nc2ccccc2F)cn1. The monoisotopic (exact) mass is 366 g/mol. The van der Waals surface area contributed by atoms with E-state index in [1.54, 1.807) is 19.2 Å². The van der Waals surface area contributed by atoms with Gasteiger partial charge in [-0.1, -0.05) is 30.3 Å². The maximum Gasteiger partial charge on any atom is 0.258 e. The molecule has 0 atom stereocenters. The predicted octanol–water partition coefficient (Wildman–Crippen LogP) is 3.53. The average Bonchev–Trinajstić information content (AvgIpc) is 2.70. The number of aromatic nitrogens is 2. The van der Waals surface area contributed by atoms with Crippen LogP contribution in [-0.4, -0.2) is 29.5 Å². The molecule has 1 amide bonds. The molecule has 1 heterocycles. The van der Waals surface area contributed by atoms with Gasteiger partial charge in [0.05, 0.1) is 18.4 Å². The van der Waals surface area contributed by atoms with E-state index in [-0.39, 0.29) is 11.3 Å². The number of para-hydroxylation sites is 2. The molecule has 0 aliphatic carbocycles. The summed E-state index contributed by atoms with van der Waals surface area (Å²) in [5.41, 5.74) is 1.43. The quantitative estimate of drug-likeness (QED) is 0.669. The highest BCUT2D eigenvalue weighted by Gasteiger charge is 2.10. The molecule has 3 rings (SSSR count). The minimum absolute atomic E-state index is 0.113. The Labute approximate surface area is 156 Å². The van der Waals surface area contributed by atoms with E-state index in [0.29, 0.717) is 12.5 Å². The number of ether oxygens (including phenoxy) is 1. The summed E-state index contributed by atoms with van der Waals surface area (Å²) in [5, 5.41) is 5.59. The Bertz CT molecular complexity index is 916. The van der Waals surface area contributed by atoms with Crippen molar-refractivity contribution in [2.45, 2.75) is 6.42 Å².